The zero-order valence-corrected chi connectivity index (χ0v) is 37.9. The molecule has 2 bridgehead atoms. The molecule has 1 fully saturated rings. The number of fused-ring (bicyclic) bond motifs is 9. The average molecular weight is 1030 g/mol. The molecule has 6 aromatic carbocycles. The molecule has 17 N–H and O–H groups in total. The molecule has 23 nitrogen and oxygen atoms in total. The monoisotopic (exact) mass is 1030 g/mol. The summed E-state index contributed by atoms with van der Waals surface area (Å²) < 4.78 is 38.8. The van der Waals surface area contributed by atoms with Gasteiger partial charge in [0.25, 0.3) is 0 Å². The third-order valence-corrected chi connectivity index (χ3v) is 14.3. The highest BCUT2D eigenvalue weighted by atomic mass is 16.8. The molecule has 13 atom stereocenters. The van der Waals surface area contributed by atoms with Gasteiger partial charge >= 0.3 is 5.79 Å². The Kier molecular flexibility index (Phi) is 11.3. The molecule has 6 aromatic rings. The van der Waals surface area contributed by atoms with Gasteiger partial charge in [-0.2, -0.15) is 0 Å². The van der Waals surface area contributed by atoms with E-state index in [0.717, 1.165) is 60.7 Å². The van der Waals surface area contributed by atoms with Crippen molar-refractivity contribution in [1.82, 2.24) is 0 Å². The largest absolute Gasteiger partial charge is 0.508 e. The Balaban J connectivity index is 1.20. The van der Waals surface area contributed by atoms with E-state index in [1.807, 2.05) is 0 Å². The highest BCUT2D eigenvalue weighted by Gasteiger charge is 2.64. The van der Waals surface area contributed by atoms with Gasteiger partial charge in [0.05, 0.1) is 24.5 Å². The van der Waals surface area contributed by atoms with Gasteiger partial charge in [-0.3, -0.25) is 0 Å². The number of aliphatic hydroxyl groups excluding tert-OH is 6. The fourth-order valence-electron chi connectivity index (χ4n) is 10.8. The minimum atomic E-state index is -2.52. The van der Waals surface area contributed by atoms with Gasteiger partial charge in [-0.1, -0.05) is 12.1 Å². The number of hydrogen-bond donors (Lipinski definition) is 17. The topological polar surface area (TPSA) is 399 Å². The maximum Gasteiger partial charge on any atom is 0.305 e. The summed E-state index contributed by atoms with van der Waals surface area (Å²) in [5.41, 5.74) is -1.30. The van der Waals surface area contributed by atoms with Crippen LogP contribution < -0.4 is 18.9 Å². The molecule has 1 unspecified atom stereocenters. The lowest BCUT2D eigenvalue weighted by Crippen LogP contribution is -2.64. The number of benzene rings is 6. The summed E-state index contributed by atoms with van der Waals surface area (Å²) in [5, 5.41) is 189. The van der Waals surface area contributed by atoms with Crippen LogP contribution in [0.5, 0.6) is 86.2 Å². The molecule has 74 heavy (non-hydrogen) atoms. The number of phenolic OH excluding ortho intramolecular Hbond substituents is 11. The Hall–Kier alpha value is -8.00. The summed E-state index contributed by atoms with van der Waals surface area (Å²) in [5.74, 6) is -14.3. The van der Waals surface area contributed by atoms with Crippen LogP contribution >= 0.6 is 0 Å². The predicted molar refractivity (Wildman–Crippen MR) is 245 cm³/mol. The van der Waals surface area contributed by atoms with E-state index in [0.29, 0.717) is 0 Å². The van der Waals surface area contributed by atoms with E-state index in [9.17, 15) is 86.8 Å². The maximum absolute atomic E-state index is 12.8. The van der Waals surface area contributed by atoms with Crippen LogP contribution in [0.2, 0.25) is 0 Å². The van der Waals surface area contributed by atoms with Gasteiger partial charge in [0.1, 0.15) is 88.4 Å². The van der Waals surface area contributed by atoms with E-state index >= 15 is 0 Å². The summed E-state index contributed by atoms with van der Waals surface area (Å²) >= 11 is 0. The zero-order valence-electron chi connectivity index (χ0n) is 37.9. The van der Waals surface area contributed by atoms with Crippen LogP contribution in [0.4, 0.5) is 0 Å². The van der Waals surface area contributed by atoms with Gasteiger partial charge in [0.15, 0.2) is 53.0 Å². The molecule has 11 rings (SSSR count). The first kappa shape index (κ1) is 48.3. The van der Waals surface area contributed by atoms with Gasteiger partial charge in [0, 0.05) is 64.1 Å². The molecule has 0 aliphatic carbocycles. The molecule has 0 saturated carbocycles. The summed E-state index contributed by atoms with van der Waals surface area (Å²) in [6.07, 6.45) is -18.3. The van der Waals surface area contributed by atoms with Crippen LogP contribution in [0, 0.1) is 0 Å². The zero-order chi connectivity index (χ0) is 52.6. The molecule has 5 heterocycles. The smallest absolute Gasteiger partial charge is 0.305 e. The quantitative estimate of drug-likeness (QED) is 0.102. The Labute approximate surface area is 415 Å². The molecular weight excluding hydrogens is 981 g/mol. The van der Waals surface area contributed by atoms with Crippen LogP contribution in [-0.2, 0) is 21.7 Å². The predicted octanol–water partition coefficient (Wildman–Crippen LogP) is 2.07. The third kappa shape index (κ3) is 7.26. The second-order valence-corrected chi connectivity index (χ2v) is 18.7. The Bertz CT molecular complexity index is 3250. The number of ether oxygens (including phenoxy) is 6. The lowest BCUT2D eigenvalue weighted by Gasteiger charge is -2.53. The molecule has 5 aliphatic heterocycles. The summed E-state index contributed by atoms with van der Waals surface area (Å²) in [4.78, 5) is 0. The van der Waals surface area contributed by atoms with Crippen molar-refractivity contribution in [3.63, 3.8) is 0 Å². The molecule has 5 aliphatic rings. The number of rotatable bonds is 7. The normalized spacial score (nSPS) is 29.5. The van der Waals surface area contributed by atoms with Crippen molar-refractivity contribution in [2.45, 2.75) is 85.3 Å². The van der Waals surface area contributed by atoms with E-state index < -0.39 is 154 Å². The van der Waals surface area contributed by atoms with Crippen molar-refractivity contribution >= 4 is 0 Å². The second kappa shape index (κ2) is 17.3. The van der Waals surface area contributed by atoms with Crippen LogP contribution in [-0.4, -0.2) is 142 Å². The summed E-state index contributed by atoms with van der Waals surface area (Å²) in [6.45, 7) is -0.901. The van der Waals surface area contributed by atoms with Gasteiger partial charge < -0.3 is 115 Å². The van der Waals surface area contributed by atoms with Crippen molar-refractivity contribution in [1.29, 1.82) is 0 Å². The Morgan fingerprint density at radius 1 is 0.486 bits per heavy atom. The van der Waals surface area contributed by atoms with E-state index in [1.54, 1.807) is 0 Å². The summed E-state index contributed by atoms with van der Waals surface area (Å²) in [7, 11) is 0. The SMILES string of the molecule is OC[C@H]1O[C@@H](O[C@@H]2[C@H]3c4c(O)cc(O)cc4O[C@@]2(c2ccc(O)c(O)c2)Oc2cc(O)c4c(c23)O[C@H](c2ccc(O)c(O)c2)[C@H](O)C4c2c(O)cc(O)c3c2O[C@H](c2ccc(O)c(O)c2)[C@H](O)C3)[C@H](O)[C@@H](O)[C@H]1O. The van der Waals surface area contributed by atoms with Crippen molar-refractivity contribution in [2.24, 2.45) is 0 Å². The van der Waals surface area contributed by atoms with E-state index in [2.05, 4.69) is 0 Å². The van der Waals surface area contributed by atoms with Crippen molar-refractivity contribution in [3.8, 4) is 86.2 Å². The van der Waals surface area contributed by atoms with E-state index in [-0.39, 0.29) is 68.2 Å². The fraction of sp³-hybridized carbons (Fsp3) is 0.294. The van der Waals surface area contributed by atoms with Gasteiger partial charge in [-0.05, 0) is 53.6 Å². The molecule has 0 spiro atoms. The molecule has 0 amide bonds. The molecule has 0 radical (unpaired) electrons. The van der Waals surface area contributed by atoms with Crippen molar-refractivity contribution in [3.05, 3.63) is 123 Å². The Morgan fingerprint density at radius 3 is 1.69 bits per heavy atom. The molecular formula is C51H46O23. The highest BCUT2D eigenvalue weighted by Crippen LogP contribution is 2.66. The van der Waals surface area contributed by atoms with Crippen LogP contribution in [0.1, 0.15) is 68.6 Å². The minimum absolute atomic E-state index is 0.0404. The average Bonchev–Trinajstić information content (AvgIpc) is 3.36. The number of aliphatic hydroxyl groups is 6. The first-order valence-electron chi connectivity index (χ1n) is 22.8. The standard InChI is InChI=1S/C51H46O23/c52-15-34-41(65)43(67)44(68)50(69-34)72-49-40-35-28(61)10-19(53)11-32(35)73-51(49,18-3-6-23(56)27(60)9-18)74-33-14-30(63)37-39(42(66)46(71-48(37)38(33)40)17-2-5-22(55)26(59)8-17)36-29(62)13-24(57)20-12-31(64)45(70-47(20)36)16-1-4-21(54)25(58)7-16/h1-11,13-14,31,34,39-46,49-50,52-68H,12,15H2/t31-,34-,39?,40+,41+,42-,43+,44-,45-,46-,49-,50+,51+/m1/s1. The second-order valence-electron chi connectivity index (χ2n) is 18.7. The summed E-state index contributed by atoms with van der Waals surface area (Å²) in [6, 6.07) is 14.2. The Morgan fingerprint density at radius 2 is 1.05 bits per heavy atom. The minimum Gasteiger partial charge on any atom is -0.508 e. The van der Waals surface area contributed by atoms with Crippen molar-refractivity contribution in [2.75, 3.05) is 6.61 Å². The third-order valence-electron chi connectivity index (χ3n) is 14.3. The maximum atomic E-state index is 12.8. The molecule has 0 aromatic heterocycles. The van der Waals surface area contributed by atoms with E-state index in [4.69, 9.17) is 28.4 Å². The number of hydrogen-bond acceptors (Lipinski definition) is 23. The van der Waals surface area contributed by atoms with Crippen LogP contribution in [0.3, 0.4) is 0 Å². The van der Waals surface area contributed by atoms with Gasteiger partial charge in [0.2, 0.25) is 0 Å². The lowest BCUT2D eigenvalue weighted by atomic mass is 9.71. The van der Waals surface area contributed by atoms with Gasteiger partial charge in [-0.15, -0.1) is 0 Å². The van der Waals surface area contributed by atoms with Gasteiger partial charge in [-0.25, -0.2) is 0 Å². The van der Waals surface area contributed by atoms with Crippen molar-refractivity contribution < 1.29 is 115 Å². The number of phenols is 11. The van der Waals surface area contributed by atoms with E-state index in [1.165, 1.54) is 18.2 Å². The lowest BCUT2D eigenvalue weighted by molar-refractivity contribution is -0.345. The molecule has 1 saturated heterocycles. The number of aromatic hydroxyl groups is 11. The highest BCUT2D eigenvalue weighted by molar-refractivity contribution is 5.72. The van der Waals surface area contributed by atoms with Crippen LogP contribution in [0.25, 0.3) is 0 Å². The fourth-order valence-corrected chi connectivity index (χ4v) is 10.8. The van der Waals surface area contributed by atoms with Crippen LogP contribution in [0.15, 0.2) is 78.9 Å². The molecule has 23 heteroatoms. The first-order chi connectivity index (χ1) is 35.2. The first-order valence-corrected chi connectivity index (χ1v) is 22.8. The molecule has 388 valence electrons.